The first-order valence-corrected chi connectivity index (χ1v) is 6.08. The van der Waals surface area contributed by atoms with E-state index >= 15 is 0 Å². The summed E-state index contributed by atoms with van der Waals surface area (Å²) in [7, 11) is 0. The summed E-state index contributed by atoms with van der Waals surface area (Å²) >= 11 is 1.87. The number of unbranched alkanes of at least 4 members (excludes halogenated alkanes) is 1. The van der Waals surface area contributed by atoms with Gasteiger partial charge in [0.1, 0.15) is 0 Å². The molecule has 74 valence electrons. The Hall–Kier alpha value is 0.270. The molecule has 0 atom stereocenters. The van der Waals surface area contributed by atoms with Crippen molar-refractivity contribution < 1.29 is 4.74 Å². The quantitative estimate of drug-likeness (QED) is 0.561. The first-order chi connectivity index (χ1) is 5.91. The molecule has 0 aromatic rings. The maximum atomic E-state index is 5.38. The van der Waals surface area contributed by atoms with Crippen molar-refractivity contribution in [3.05, 3.63) is 0 Å². The van der Waals surface area contributed by atoms with Gasteiger partial charge >= 0.3 is 0 Å². The maximum absolute atomic E-state index is 5.38. The van der Waals surface area contributed by atoms with Crippen LogP contribution in [0.25, 0.3) is 0 Å². The molecule has 0 rings (SSSR count). The molecule has 1 N–H and O–H groups in total. The zero-order valence-electron chi connectivity index (χ0n) is 8.27. The minimum absolute atomic E-state index is 0.856. The Bertz CT molecular complexity index is 70.9. The number of ether oxygens (including phenoxy) is 1. The zero-order chi connectivity index (χ0) is 9.07. The molecule has 0 unspecified atom stereocenters. The van der Waals surface area contributed by atoms with Crippen LogP contribution in [0.1, 0.15) is 19.8 Å². The van der Waals surface area contributed by atoms with Crippen molar-refractivity contribution in [3.63, 3.8) is 0 Å². The summed E-state index contributed by atoms with van der Waals surface area (Å²) in [6.45, 7) is 6.04. The van der Waals surface area contributed by atoms with Crippen LogP contribution in [-0.4, -0.2) is 38.3 Å². The van der Waals surface area contributed by atoms with Crippen LogP contribution in [0.2, 0.25) is 0 Å². The molecule has 0 aromatic carbocycles. The highest BCUT2D eigenvalue weighted by molar-refractivity contribution is 7.98. The minimum atomic E-state index is 0.856. The van der Waals surface area contributed by atoms with Gasteiger partial charge in [-0.3, -0.25) is 0 Å². The van der Waals surface area contributed by atoms with Crippen LogP contribution in [0, 0.1) is 0 Å². The summed E-state index contributed by atoms with van der Waals surface area (Å²) in [5.41, 5.74) is 0. The van der Waals surface area contributed by atoms with Crippen molar-refractivity contribution in [2.45, 2.75) is 19.8 Å². The number of rotatable bonds is 9. The van der Waals surface area contributed by atoms with Crippen LogP contribution >= 0.6 is 11.8 Å². The van der Waals surface area contributed by atoms with Crippen molar-refractivity contribution >= 4 is 11.8 Å². The lowest BCUT2D eigenvalue weighted by Gasteiger charge is -2.04. The third kappa shape index (κ3) is 10.3. The fraction of sp³-hybridized carbons (Fsp3) is 1.00. The van der Waals surface area contributed by atoms with E-state index < -0.39 is 0 Å². The summed E-state index contributed by atoms with van der Waals surface area (Å²) in [4.78, 5) is 0. The van der Waals surface area contributed by atoms with E-state index in [1.54, 1.807) is 0 Å². The summed E-state index contributed by atoms with van der Waals surface area (Å²) in [6, 6.07) is 0. The second-order valence-corrected chi connectivity index (χ2v) is 3.69. The summed E-state index contributed by atoms with van der Waals surface area (Å²) in [5.74, 6) is 1.19. The number of hydrogen-bond donors (Lipinski definition) is 1. The van der Waals surface area contributed by atoms with Crippen molar-refractivity contribution in [2.75, 3.05) is 38.3 Å². The van der Waals surface area contributed by atoms with Gasteiger partial charge in [0.05, 0.1) is 6.61 Å². The van der Waals surface area contributed by atoms with Gasteiger partial charge in [0.2, 0.25) is 0 Å². The molecular formula is C9H21NOS. The largest absolute Gasteiger partial charge is 0.380 e. The minimum Gasteiger partial charge on any atom is -0.380 e. The molecular weight excluding hydrogens is 170 g/mol. The summed E-state index contributed by atoms with van der Waals surface area (Å²) in [5, 5.41) is 3.32. The van der Waals surface area contributed by atoms with Crippen molar-refractivity contribution in [1.82, 2.24) is 5.32 Å². The normalized spacial score (nSPS) is 10.5. The van der Waals surface area contributed by atoms with Gasteiger partial charge in [0, 0.05) is 25.4 Å². The molecule has 0 saturated heterocycles. The molecule has 12 heavy (non-hydrogen) atoms. The first-order valence-electron chi connectivity index (χ1n) is 4.69. The Morgan fingerprint density at radius 3 is 2.75 bits per heavy atom. The predicted octanol–water partition coefficient (Wildman–Crippen LogP) is 1.76. The molecule has 0 spiro atoms. The average molecular weight is 191 g/mol. The van der Waals surface area contributed by atoms with Crippen molar-refractivity contribution in [1.29, 1.82) is 0 Å². The van der Waals surface area contributed by atoms with E-state index in [0.29, 0.717) is 0 Å². The second-order valence-electron chi connectivity index (χ2n) is 2.71. The lowest BCUT2D eigenvalue weighted by atomic mass is 10.4. The molecule has 0 aliphatic rings. The molecule has 0 aliphatic carbocycles. The highest BCUT2D eigenvalue weighted by Crippen LogP contribution is 1.88. The Kier molecular flexibility index (Phi) is 11.5. The molecule has 0 aromatic heterocycles. The Morgan fingerprint density at radius 1 is 1.25 bits per heavy atom. The molecule has 0 fully saturated rings. The Balaban J connectivity index is 2.73. The fourth-order valence-corrected chi connectivity index (χ4v) is 1.14. The number of thioether (sulfide) groups is 1. The van der Waals surface area contributed by atoms with Crippen LogP contribution in [0.4, 0.5) is 0 Å². The topological polar surface area (TPSA) is 21.3 Å². The fourth-order valence-electron chi connectivity index (χ4n) is 0.792. The summed E-state index contributed by atoms with van der Waals surface area (Å²) in [6.07, 6.45) is 4.53. The van der Waals surface area contributed by atoms with Crippen molar-refractivity contribution in [2.24, 2.45) is 0 Å². The van der Waals surface area contributed by atoms with Gasteiger partial charge in [0.25, 0.3) is 0 Å². The van der Waals surface area contributed by atoms with Gasteiger partial charge in [-0.2, -0.15) is 11.8 Å². The third-order valence-corrected chi connectivity index (χ3v) is 2.16. The van der Waals surface area contributed by atoms with Crippen LogP contribution in [0.5, 0.6) is 0 Å². The van der Waals surface area contributed by atoms with E-state index in [1.807, 2.05) is 11.8 Å². The molecule has 0 aliphatic heterocycles. The SMILES string of the molecule is CCCCOCCNCCSC. The highest BCUT2D eigenvalue weighted by atomic mass is 32.2. The number of hydrogen-bond acceptors (Lipinski definition) is 3. The van der Waals surface area contributed by atoms with Crippen LogP contribution in [0.15, 0.2) is 0 Å². The van der Waals surface area contributed by atoms with E-state index in [1.165, 1.54) is 18.6 Å². The molecule has 0 amide bonds. The van der Waals surface area contributed by atoms with E-state index in [4.69, 9.17) is 4.74 Å². The molecule has 0 radical (unpaired) electrons. The Labute approximate surface area is 80.4 Å². The monoisotopic (exact) mass is 191 g/mol. The van der Waals surface area contributed by atoms with Gasteiger partial charge < -0.3 is 10.1 Å². The number of nitrogens with one attached hydrogen (secondary N) is 1. The lowest BCUT2D eigenvalue weighted by Crippen LogP contribution is -2.22. The molecule has 0 saturated carbocycles. The third-order valence-electron chi connectivity index (χ3n) is 1.55. The second kappa shape index (κ2) is 11.3. The smallest absolute Gasteiger partial charge is 0.0590 e. The molecule has 0 bridgehead atoms. The molecule has 3 heteroatoms. The maximum Gasteiger partial charge on any atom is 0.0590 e. The zero-order valence-corrected chi connectivity index (χ0v) is 9.08. The molecule has 2 nitrogen and oxygen atoms in total. The summed E-state index contributed by atoms with van der Waals surface area (Å²) < 4.78 is 5.38. The highest BCUT2D eigenvalue weighted by Gasteiger charge is 1.87. The average Bonchev–Trinajstić information content (AvgIpc) is 2.10. The van der Waals surface area contributed by atoms with E-state index in [-0.39, 0.29) is 0 Å². The standard InChI is InChI=1S/C9H21NOS/c1-3-4-7-11-8-5-10-6-9-12-2/h10H,3-9H2,1-2H3. The Morgan fingerprint density at radius 2 is 2.08 bits per heavy atom. The van der Waals surface area contributed by atoms with Gasteiger partial charge in [-0.25, -0.2) is 0 Å². The lowest BCUT2D eigenvalue weighted by molar-refractivity contribution is 0.133. The van der Waals surface area contributed by atoms with Gasteiger partial charge in [-0.05, 0) is 12.7 Å². The van der Waals surface area contributed by atoms with E-state index in [9.17, 15) is 0 Å². The van der Waals surface area contributed by atoms with Gasteiger partial charge in [0.15, 0.2) is 0 Å². The predicted molar refractivity (Wildman–Crippen MR) is 57.0 cm³/mol. The van der Waals surface area contributed by atoms with Crippen LogP contribution in [0.3, 0.4) is 0 Å². The van der Waals surface area contributed by atoms with Crippen LogP contribution < -0.4 is 5.32 Å². The molecule has 0 heterocycles. The van der Waals surface area contributed by atoms with E-state index in [0.717, 1.165) is 26.3 Å². The van der Waals surface area contributed by atoms with Gasteiger partial charge in [-0.15, -0.1) is 0 Å². The first kappa shape index (κ1) is 12.3. The van der Waals surface area contributed by atoms with Gasteiger partial charge in [-0.1, -0.05) is 13.3 Å². The van der Waals surface area contributed by atoms with E-state index in [2.05, 4.69) is 18.5 Å². The van der Waals surface area contributed by atoms with Crippen LogP contribution in [-0.2, 0) is 4.74 Å². The van der Waals surface area contributed by atoms with Crippen molar-refractivity contribution in [3.8, 4) is 0 Å².